The molecule has 0 saturated heterocycles. The summed E-state index contributed by atoms with van der Waals surface area (Å²) in [5, 5.41) is 0. The molecular formula is C29H27N3O2. The highest BCUT2D eigenvalue weighted by atomic mass is 16.2. The lowest BCUT2D eigenvalue weighted by atomic mass is 10.0. The van der Waals surface area contributed by atoms with Gasteiger partial charge in [0.15, 0.2) is 0 Å². The number of carbonyl (C=O) groups is 2. The highest BCUT2D eigenvalue weighted by Gasteiger charge is 2.25. The van der Waals surface area contributed by atoms with Crippen LogP contribution < -0.4 is 0 Å². The summed E-state index contributed by atoms with van der Waals surface area (Å²) >= 11 is 0. The Morgan fingerprint density at radius 1 is 0.588 bits per heavy atom. The number of aromatic nitrogens is 1. The number of nitrogens with zero attached hydrogens (tertiary/aromatic N) is 3. The molecule has 34 heavy (non-hydrogen) atoms. The molecule has 2 amide bonds. The van der Waals surface area contributed by atoms with E-state index in [2.05, 4.69) is 41.4 Å². The van der Waals surface area contributed by atoms with Crippen molar-refractivity contribution in [2.75, 3.05) is 26.2 Å². The highest BCUT2D eigenvalue weighted by Crippen LogP contribution is 2.23. The average molecular weight is 450 g/mol. The Bertz CT molecular complexity index is 1150. The first-order chi connectivity index (χ1) is 16.7. The minimum Gasteiger partial charge on any atom is -0.333 e. The molecule has 0 saturated carbocycles. The molecule has 0 bridgehead atoms. The standard InChI is InChI=1S/C29H27N3O2/c33-28(31-18-8-14-24(20-31)22-10-3-1-4-11-22)26-16-7-17-27(30-26)29(34)32-19-9-15-25(21-32)23-12-5-2-6-13-23/h1-7,10-17H,8-9,18-21H2. The zero-order valence-corrected chi connectivity index (χ0v) is 19.1. The molecule has 5 rings (SSSR count). The fourth-order valence-electron chi connectivity index (χ4n) is 4.55. The van der Waals surface area contributed by atoms with E-state index >= 15 is 0 Å². The minimum absolute atomic E-state index is 0.139. The van der Waals surface area contributed by atoms with E-state index in [0.29, 0.717) is 37.6 Å². The van der Waals surface area contributed by atoms with E-state index in [1.165, 1.54) is 0 Å². The summed E-state index contributed by atoms with van der Waals surface area (Å²) in [6, 6.07) is 25.4. The second-order valence-electron chi connectivity index (χ2n) is 8.63. The molecule has 2 aliphatic heterocycles. The maximum absolute atomic E-state index is 13.3. The largest absolute Gasteiger partial charge is 0.333 e. The molecular weight excluding hydrogens is 422 g/mol. The molecule has 5 nitrogen and oxygen atoms in total. The van der Waals surface area contributed by atoms with Crippen molar-refractivity contribution in [1.82, 2.24) is 14.8 Å². The molecule has 0 atom stereocenters. The molecule has 3 aromatic rings. The quantitative estimate of drug-likeness (QED) is 0.567. The lowest BCUT2D eigenvalue weighted by Gasteiger charge is -2.28. The van der Waals surface area contributed by atoms with E-state index in [-0.39, 0.29) is 11.8 Å². The smallest absolute Gasteiger partial charge is 0.272 e. The van der Waals surface area contributed by atoms with Gasteiger partial charge >= 0.3 is 0 Å². The average Bonchev–Trinajstić information content (AvgIpc) is 2.93. The predicted octanol–water partition coefficient (Wildman–Crippen LogP) is 4.94. The maximum atomic E-state index is 13.3. The fourth-order valence-corrected chi connectivity index (χ4v) is 4.55. The molecule has 0 unspecified atom stereocenters. The van der Waals surface area contributed by atoms with E-state index in [1.54, 1.807) is 18.2 Å². The third-order valence-electron chi connectivity index (χ3n) is 6.35. The highest BCUT2D eigenvalue weighted by molar-refractivity contribution is 5.97. The van der Waals surface area contributed by atoms with Crippen LogP contribution in [0.25, 0.3) is 11.1 Å². The SMILES string of the molecule is O=C(c1cccc(C(=O)N2CCC=C(c3ccccc3)C2)n1)N1CCC=C(c2ccccc2)C1. The Labute approximate surface area is 200 Å². The van der Waals surface area contributed by atoms with Crippen molar-refractivity contribution < 1.29 is 9.59 Å². The van der Waals surface area contributed by atoms with Crippen molar-refractivity contribution in [1.29, 1.82) is 0 Å². The summed E-state index contributed by atoms with van der Waals surface area (Å²) in [7, 11) is 0. The normalized spacial score (nSPS) is 16.0. The summed E-state index contributed by atoms with van der Waals surface area (Å²) in [4.78, 5) is 34.7. The summed E-state index contributed by atoms with van der Waals surface area (Å²) in [6.45, 7) is 2.37. The van der Waals surface area contributed by atoms with Gasteiger partial charge in [0, 0.05) is 26.2 Å². The van der Waals surface area contributed by atoms with Gasteiger partial charge in [-0.25, -0.2) is 4.98 Å². The van der Waals surface area contributed by atoms with Crippen molar-refractivity contribution in [3.63, 3.8) is 0 Å². The van der Waals surface area contributed by atoms with Crippen molar-refractivity contribution in [3.05, 3.63) is 114 Å². The molecule has 170 valence electrons. The van der Waals surface area contributed by atoms with Crippen molar-refractivity contribution in [3.8, 4) is 0 Å². The third-order valence-corrected chi connectivity index (χ3v) is 6.35. The molecule has 0 radical (unpaired) electrons. The van der Waals surface area contributed by atoms with Crippen molar-refractivity contribution in [2.24, 2.45) is 0 Å². The van der Waals surface area contributed by atoms with E-state index in [1.807, 2.05) is 46.2 Å². The second kappa shape index (κ2) is 9.87. The molecule has 0 aliphatic carbocycles. The van der Waals surface area contributed by atoms with Crippen LogP contribution in [0.4, 0.5) is 0 Å². The number of benzene rings is 2. The zero-order valence-electron chi connectivity index (χ0n) is 19.1. The van der Waals surface area contributed by atoms with Crippen LogP contribution >= 0.6 is 0 Å². The number of carbonyl (C=O) groups excluding carboxylic acids is 2. The molecule has 2 aliphatic rings. The minimum atomic E-state index is -0.139. The van der Waals surface area contributed by atoms with Gasteiger partial charge in [0.05, 0.1) is 0 Å². The summed E-state index contributed by atoms with van der Waals surface area (Å²) in [5.74, 6) is -0.278. The summed E-state index contributed by atoms with van der Waals surface area (Å²) < 4.78 is 0. The van der Waals surface area contributed by atoms with Gasteiger partial charge in [0.25, 0.3) is 11.8 Å². The molecule has 1 aromatic heterocycles. The second-order valence-corrected chi connectivity index (χ2v) is 8.63. The fraction of sp³-hybridized carbons (Fsp3) is 0.207. The first kappa shape index (κ1) is 21.8. The molecule has 0 spiro atoms. The molecule has 0 fully saturated rings. The van der Waals surface area contributed by atoms with Crippen molar-refractivity contribution in [2.45, 2.75) is 12.8 Å². The lowest BCUT2D eigenvalue weighted by molar-refractivity contribution is 0.0761. The Morgan fingerprint density at radius 2 is 1.03 bits per heavy atom. The maximum Gasteiger partial charge on any atom is 0.272 e. The van der Waals surface area contributed by atoms with E-state index in [4.69, 9.17) is 0 Å². The molecule has 0 N–H and O–H groups in total. The van der Waals surface area contributed by atoms with Crippen LogP contribution in [0.2, 0.25) is 0 Å². The van der Waals surface area contributed by atoms with Crippen molar-refractivity contribution >= 4 is 23.0 Å². The van der Waals surface area contributed by atoms with Gasteiger partial charge < -0.3 is 9.80 Å². The van der Waals surface area contributed by atoms with Gasteiger partial charge in [-0.2, -0.15) is 0 Å². The van der Waals surface area contributed by atoms with Gasteiger partial charge in [-0.3, -0.25) is 9.59 Å². The Morgan fingerprint density at radius 3 is 1.47 bits per heavy atom. The summed E-state index contributed by atoms with van der Waals surface area (Å²) in [5.41, 5.74) is 5.17. The van der Waals surface area contributed by atoms with Crippen LogP contribution in [0.5, 0.6) is 0 Å². The number of amides is 2. The van der Waals surface area contributed by atoms with Crippen LogP contribution in [-0.2, 0) is 0 Å². The molecule has 5 heteroatoms. The Balaban J connectivity index is 1.30. The van der Waals surface area contributed by atoms with Gasteiger partial charge in [0.2, 0.25) is 0 Å². The summed E-state index contributed by atoms with van der Waals surface area (Å²) in [6.07, 6.45) is 6.00. The zero-order chi connectivity index (χ0) is 23.3. The predicted molar refractivity (Wildman–Crippen MR) is 134 cm³/mol. The van der Waals surface area contributed by atoms with Gasteiger partial charge in [0.1, 0.15) is 11.4 Å². The Kier molecular flexibility index (Phi) is 6.34. The van der Waals surface area contributed by atoms with Crippen LogP contribution in [-0.4, -0.2) is 52.8 Å². The monoisotopic (exact) mass is 449 g/mol. The topological polar surface area (TPSA) is 53.5 Å². The number of pyridine rings is 1. The van der Waals surface area contributed by atoms with E-state index < -0.39 is 0 Å². The van der Waals surface area contributed by atoms with Crippen LogP contribution in [0, 0.1) is 0 Å². The number of rotatable bonds is 4. The lowest BCUT2D eigenvalue weighted by Crippen LogP contribution is -2.37. The van der Waals surface area contributed by atoms with Gasteiger partial charge in [-0.1, -0.05) is 78.9 Å². The van der Waals surface area contributed by atoms with Crippen LogP contribution in [0.15, 0.2) is 91.0 Å². The van der Waals surface area contributed by atoms with Gasteiger partial charge in [-0.15, -0.1) is 0 Å². The number of hydrogen-bond donors (Lipinski definition) is 0. The first-order valence-corrected chi connectivity index (χ1v) is 11.7. The molecule has 2 aromatic carbocycles. The van der Waals surface area contributed by atoms with E-state index in [0.717, 1.165) is 35.1 Å². The Hall–Kier alpha value is -3.99. The third kappa shape index (κ3) is 4.69. The number of hydrogen-bond acceptors (Lipinski definition) is 3. The first-order valence-electron chi connectivity index (χ1n) is 11.7. The van der Waals surface area contributed by atoms with Gasteiger partial charge in [-0.05, 0) is 47.2 Å². The van der Waals surface area contributed by atoms with Crippen LogP contribution in [0.1, 0.15) is 44.9 Å². The molecule has 3 heterocycles. The van der Waals surface area contributed by atoms with Crippen LogP contribution in [0.3, 0.4) is 0 Å². The van der Waals surface area contributed by atoms with E-state index in [9.17, 15) is 9.59 Å².